The molecule has 0 radical (unpaired) electrons. The molecule has 0 amide bonds. The molecule has 0 aliphatic rings. The van der Waals surface area contributed by atoms with Crippen molar-refractivity contribution in [1.29, 1.82) is 0 Å². The molecule has 1 aromatic carbocycles. The van der Waals surface area contributed by atoms with E-state index >= 15 is 0 Å². The molecule has 0 saturated heterocycles. The molecule has 0 aliphatic heterocycles. The minimum atomic E-state index is -3.93. The van der Waals surface area contributed by atoms with Crippen LogP contribution in [0, 0.1) is 0 Å². The fourth-order valence-electron chi connectivity index (χ4n) is 1.30. The van der Waals surface area contributed by atoms with Crippen LogP contribution < -0.4 is 4.72 Å². The first-order valence-electron chi connectivity index (χ1n) is 4.66. The Morgan fingerprint density at radius 3 is 2.83 bits per heavy atom. The van der Waals surface area contributed by atoms with Crippen molar-refractivity contribution in [1.82, 2.24) is 19.9 Å². The lowest BCUT2D eigenvalue weighted by atomic mass is 10.3. The summed E-state index contributed by atoms with van der Waals surface area (Å²) in [6, 6.07) is 3.70. The van der Waals surface area contributed by atoms with Gasteiger partial charge in [-0.3, -0.25) is 4.79 Å². The SMILES string of the molecule is O=C(O)CNS(=O)(=O)c1ccc2c(c1)nnn2O. The number of carbonyl (C=O) groups is 1. The number of carboxylic acids is 1. The molecule has 0 bridgehead atoms. The molecule has 0 aliphatic carbocycles. The average molecular weight is 272 g/mol. The molecule has 18 heavy (non-hydrogen) atoms. The molecule has 96 valence electrons. The second-order valence-electron chi connectivity index (χ2n) is 3.35. The van der Waals surface area contributed by atoms with Gasteiger partial charge in [-0.2, -0.15) is 4.72 Å². The minimum absolute atomic E-state index is 0.156. The summed E-state index contributed by atoms with van der Waals surface area (Å²) < 4.78 is 25.3. The van der Waals surface area contributed by atoms with E-state index in [1.807, 2.05) is 4.72 Å². The molecule has 0 fully saturated rings. The van der Waals surface area contributed by atoms with Gasteiger partial charge >= 0.3 is 5.97 Å². The Morgan fingerprint density at radius 2 is 2.17 bits per heavy atom. The van der Waals surface area contributed by atoms with Gasteiger partial charge in [0.05, 0.1) is 4.90 Å². The quantitative estimate of drug-likeness (QED) is 0.609. The monoisotopic (exact) mass is 272 g/mol. The molecule has 2 rings (SSSR count). The van der Waals surface area contributed by atoms with Crippen LogP contribution in [0.2, 0.25) is 0 Å². The summed E-state index contributed by atoms with van der Waals surface area (Å²) in [6.45, 7) is -0.715. The number of nitrogens with one attached hydrogen (secondary N) is 1. The lowest BCUT2D eigenvalue weighted by Crippen LogP contribution is -2.29. The molecular formula is C8H8N4O5S. The van der Waals surface area contributed by atoms with Crippen LogP contribution in [0.25, 0.3) is 11.0 Å². The van der Waals surface area contributed by atoms with Crippen LogP contribution in [-0.4, -0.2) is 46.4 Å². The van der Waals surface area contributed by atoms with Crippen molar-refractivity contribution in [3.05, 3.63) is 18.2 Å². The molecule has 10 heteroatoms. The Kier molecular flexibility index (Phi) is 2.88. The number of benzene rings is 1. The molecule has 1 heterocycles. The molecule has 3 N–H and O–H groups in total. The Morgan fingerprint density at radius 1 is 1.44 bits per heavy atom. The van der Waals surface area contributed by atoms with E-state index in [1.165, 1.54) is 18.2 Å². The van der Waals surface area contributed by atoms with Crippen LogP contribution >= 0.6 is 0 Å². The third kappa shape index (κ3) is 2.24. The molecule has 0 spiro atoms. The highest BCUT2D eigenvalue weighted by Crippen LogP contribution is 2.16. The minimum Gasteiger partial charge on any atom is -0.480 e. The van der Waals surface area contributed by atoms with Gasteiger partial charge in [-0.25, -0.2) is 8.42 Å². The first kappa shape index (κ1) is 12.3. The van der Waals surface area contributed by atoms with Gasteiger partial charge in [0.1, 0.15) is 17.6 Å². The smallest absolute Gasteiger partial charge is 0.318 e. The molecular weight excluding hydrogens is 264 g/mol. The van der Waals surface area contributed by atoms with E-state index in [-0.39, 0.29) is 15.9 Å². The van der Waals surface area contributed by atoms with Crippen molar-refractivity contribution in [3.63, 3.8) is 0 Å². The number of hydrogen-bond acceptors (Lipinski definition) is 6. The summed E-state index contributed by atoms with van der Waals surface area (Å²) in [4.78, 5) is 10.7. The van der Waals surface area contributed by atoms with Crippen molar-refractivity contribution in [2.75, 3.05) is 6.54 Å². The Bertz CT molecular complexity index is 707. The number of sulfonamides is 1. The maximum atomic E-state index is 11.7. The number of aliphatic carboxylic acids is 1. The largest absolute Gasteiger partial charge is 0.480 e. The van der Waals surface area contributed by atoms with E-state index in [0.29, 0.717) is 4.85 Å². The van der Waals surface area contributed by atoms with Crippen molar-refractivity contribution in [3.8, 4) is 0 Å². The topological polar surface area (TPSA) is 134 Å². The highest BCUT2D eigenvalue weighted by atomic mass is 32.2. The summed E-state index contributed by atoms with van der Waals surface area (Å²) in [5.41, 5.74) is 0.419. The number of fused-ring (bicyclic) bond motifs is 1. The van der Waals surface area contributed by atoms with Gasteiger partial charge in [0.15, 0.2) is 0 Å². The van der Waals surface area contributed by atoms with Crippen LogP contribution in [0.5, 0.6) is 0 Å². The lowest BCUT2D eigenvalue weighted by Gasteiger charge is -2.03. The van der Waals surface area contributed by atoms with Crippen LogP contribution in [0.3, 0.4) is 0 Å². The van der Waals surface area contributed by atoms with E-state index < -0.39 is 22.5 Å². The second kappa shape index (κ2) is 4.23. The van der Waals surface area contributed by atoms with Crippen molar-refractivity contribution in [2.45, 2.75) is 4.90 Å². The summed E-state index contributed by atoms with van der Waals surface area (Å²) in [6.07, 6.45) is 0. The van der Waals surface area contributed by atoms with Crippen LogP contribution in [0.4, 0.5) is 0 Å². The third-order valence-corrected chi connectivity index (χ3v) is 3.52. The first-order valence-corrected chi connectivity index (χ1v) is 6.14. The van der Waals surface area contributed by atoms with Crippen molar-refractivity contribution >= 4 is 27.0 Å². The van der Waals surface area contributed by atoms with Gasteiger partial charge in [0.2, 0.25) is 10.0 Å². The van der Waals surface area contributed by atoms with Gasteiger partial charge in [0.25, 0.3) is 0 Å². The number of nitrogens with zero attached hydrogens (tertiary/aromatic N) is 3. The summed E-state index contributed by atoms with van der Waals surface area (Å²) >= 11 is 0. The Balaban J connectivity index is 2.38. The Hall–Kier alpha value is -2.20. The molecule has 0 saturated carbocycles. The molecule has 1 aromatic heterocycles. The van der Waals surface area contributed by atoms with Gasteiger partial charge in [0, 0.05) is 0 Å². The Labute approximate surface area is 101 Å². The number of carboxylic acid groups (broad SMARTS) is 1. The van der Waals surface area contributed by atoms with E-state index in [9.17, 15) is 18.4 Å². The maximum absolute atomic E-state index is 11.7. The van der Waals surface area contributed by atoms with Gasteiger partial charge in [-0.1, -0.05) is 4.85 Å². The van der Waals surface area contributed by atoms with E-state index in [2.05, 4.69) is 10.3 Å². The number of aromatic nitrogens is 3. The zero-order valence-electron chi connectivity index (χ0n) is 8.81. The predicted octanol–water partition coefficient (Wildman–Crippen LogP) is -0.968. The van der Waals surface area contributed by atoms with Crippen molar-refractivity contribution in [2.24, 2.45) is 0 Å². The predicted molar refractivity (Wildman–Crippen MR) is 57.5 cm³/mol. The maximum Gasteiger partial charge on any atom is 0.318 e. The second-order valence-corrected chi connectivity index (χ2v) is 5.11. The van der Waals surface area contributed by atoms with Crippen molar-refractivity contribution < 1.29 is 23.5 Å². The third-order valence-electron chi connectivity index (χ3n) is 2.12. The van der Waals surface area contributed by atoms with E-state index in [1.54, 1.807) is 0 Å². The van der Waals surface area contributed by atoms with Crippen LogP contribution in [0.15, 0.2) is 23.1 Å². The number of rotatable bonds is 4. The molecule has 9 nitrogen and oxygen atoms in total. The highest BCUT2D eigenvalue weighted by molar-refractivity contribution is 7.89. The highest BCUT2D eigenvalue weighted by Gasteiger charge is 2.17. The molecule has 0 unspecified atom stereocenters. The summed E-state index contributed by atoms with van der Waals surface area (Å²) in [5, 5.41) is 24.4. The van der Waals surface area contributed by atoms with Gasteiger partial charge in [-0.15, -0.1) is 5.10 Å². The first-order chi connectivity index (χ1) is 8.40. The molecule has 2 aromatic rings. The van der Waals surface area contributed by atoms with E-state index in [0.717, 1.165) is 0 Å². The summed E-state index contributed by atoms with van der Waals surface area (Å²) in [5.74, 6) is -1.29. The van der Waals surface area contributed by atoms with Crippen LogP contribution in [-0.2, 0) is 14.8 Å². The number of hydrogen-bond donors (Lipinski definition) is 3. The lowest BCUT2D eigenvalue weighted by molar-refractivity contribution is -0.135. The van der Waals surface area contributed by atoms with Crippen LogP contribution in [0.1, 0.15) is 0 Å². The fraction of sp³-hybridized carbons (Fsp3) is 0.125. The average Bonchev–Trinajstić information content (AvgIpc) is 2.68. The standard InChI is InChI=1S/C8H8N4O5S/c13-8(14)4-9-18(16,17)5-1-2-7-6(3-5)10-11-12(7)15/h1-3,9,15H,4H2,(H,13,14). The zero-order chi connectivity index (χ0) is 13.3. The van der Waals surface area contributed by atoms with E-state index in [4.69, 9.17) is 5.11 Å². The van der Waals surface area contributed by atoms with Gasteiger partial charge in [-0.05, 0) is 23.4 Å². The zero-order valence-corrected chi connectivity index (χ0v) is 9.62. The molecule has 0 atom stereocenters. The summed E-state index contributed by atoms with van der Waals surface area (Å²) in [7, 11) is -3.93. The fourth-order valence-corrected chi connectivity index (χ4v) is 2.29. The van der Waals surface area contributed by atoms with Gasteiger partial charge < -0.3 is 10.3 Å². The normalized spacial score (nSPS) is 11.8.